The van der Waals surface area contributed by atoms with Crippen LogP contribution in [0.3, 0.4) is 0 Å². The molecule has 3 rings (SSSR count). The van der Waals surface area contributed by atoms with Crippen molar-refractivity contribution in [2.45, 2.75) is 44.8 Å². The molecular weight excluding hydrogens is 238 g/mol. The van der Waals surface area contributed by atoms with E-state index in [-0.39, 0.29) is 11.7 Å². The van der Waals surface area contributed by atoms with Gasteiger partial charge in [0.1, 0.15) is 11.9 Å². The van der Waals surface area contributed by atoms with Gasteiger partial charge in [-0.3, -0.25) is 0 Å². The third kappa shape index (κ3) is 2.93. The molecular formula is C16H23NO2. The Labute approximate surface area is 115 Å². The molecule has 1 aromatic rings. The molecule has 0 saturated carbocycles. The molecule has 1 N–H and O–H groups in total. The van der Waals surface area contributed by atoms with Crippen molar-refractivity contribution in [3.05, 3.63) is 29.3 Å². The smallest absolute Gasteiger partial charge is 0.126 e. The number of rotatable bonds is 3. The minimum Gasteiger partial charge on any atom is -0.487 e. The van der Waals surface area contributed by atoms with E-state index >= 15 is 0 Å². The van der Waals surface area contributed by atoms with Crippen LogP contribution < -0.4 is 10.1 Å². The van der Waals surface area contributed by atoms with Crippen LogP contribution in [-0.4, -0.2) is 31.4 Å². The van der Waals surface area contributed by atoms with Crippen LogP contribution in [0.1, 0.15) is 30.9 Å². The quantitative estimate of drug-likeness (QED) is 0.906. The first-order valence-corrected chi connectivity index (χ1v) is 7.25. The van der Waals surface area contributed by atoms with Gasteiger partial charge >= 0.3 is 0 Å². The summed E-state index contributed by atoms with van der Waals surface area (Å²) in [5.41, 5.74) is 2.60. The molecule has 2 unspecified atom stereocenters. The molecule has 3 heteroatoms. The fraction of sp³-hybridized carbons (Fsp3) is 0.625. The lowest BCUT2D eigenvalue weighted by Crippen LogP contribution is -2.46. The fourth-order valence-electron chi connectivity index (χ4n) is 2.99. The molecule has 3 nitrogen and oxygen atoms in total. The summed E-state index contributed by atoms with van der Waals surface area (Å²) in [6.07, 6.45) is 3.48. The van der Waals surface area contributed by atoms with Gasteiger partial charge in [-0.2, -0.15) is 0 Å². The summed E-state index contributed by atoms with van der Waals surface area (Å²) < 4.78 is 12.1. The first kappa shape index (κ1) is 12.9. The van der Waals surface area contributed by atoms with Gasteiger partial charge in [-0.25, -0.2) is 0 Å². The van der Waals surface area contributed by atoms with E-state index in [1.54, 1.807) is 0 Å². The van der Waals surface area contributed by atoms with Crippen LogP contribution in [0.2, 0.25) is 0 Å². The van der Waals surface area contributed by atoms with Crippen LogP contribution in [0.25, 0.3) is 0 Å². The lowest BCUT2D eigenvalue weighted by molar-refractivity contribution is -0.0713. The largest absolute Gasteiger partial charge is 0.487 e. The van der Waals surface area contributed by atoms with Gasteiger partial charge in [0.05, 0.1) is 12.2 Å². The standard InChI is InChI=1S/C16H23NO2/c1-12-4-5-15-13(8-12)9-14(19-15)10-18-16(2)6-3-7-17-11-16/h4-5,8,14,17H,3,6-7,9-11H2,1-2H3. The highest BCUT2D eigenvalue weighted by Gasteiger charge is 2.30. The Bertz CT molecular complexity index is 452. The normalized spacial score (nSPS) is 29.9. The minimum atomic E-state index is -0.0215. The summed E-state index contributed by atoms with van der Waals surface area (Å²) in [6, 6.07) is 6.40. The fourth-order valence-corrected chi connectivity index (χ4v) is 2.99. The molecule has 0 aromatic heterocycles. The zero-order valence-electron chi connectivity index (χ0n) is 11.9. The molecule has 19 heavy (non-hydrogen) atoms. The number of fused-ring (bicyclic) bond motifs is 1. The van der Waals surface area contributed by atoms with Gasteiger partial charge in [-0.05, 0) is 44.9 Å². The Morgan fingerprint density at radius 2 is 2.37 bits per heavy atom. The van der Waals surface area contributed by atoms with E-state index in [1.165, 1.54) is 17.5 Å². The SMILES string of the molecule is Cc1ccc2c(c1)CC(COC1(C)CCCNC1)O2. The number of ether oxygens (including phenoxy) is 2. The Morgan fingerprint density at radius 1 is 1.47 bits per heavy atom. The molecule has 2 aliphatic heterocycles. The molecule has 2 atom stereocenters. The summed E-state index contributed by atoms with van der Waals surface area (Å²) in [5.74, 6) is 1.03. The van der Waals surface area contributed by atoms with E-state index in [1.807, 2.05) is 0 Å². The molecule has 0 spiro atoms. The van der Waals surface area contributed by atoms with Gasteiger partial charge in [0.25, 0.3) is 0 Å². The van der Waals surface area contributed by atoms with E-state index in [0.717, 1.165) is 31.7 Å². The molecule has 0 bridgehead atoms. The summed E-state index contributed by atoms with van der Waals surface area (Å²) in [6.45, 7) is 7.07. The van der Waals surface area contributed by atoms with Crippen molar-refractivity contribution in [2.24, 2.45) is 0 Å². The maximum atomic E-state index is 6.13. The molecule has 1 aromatic carbocycles. The number of piperidine rings is 1. The summed E-state index contributed by atoms with van der Waals surface area (Å²) >= 11 is 0. The van der Waals surface area contributed by atoms with Crippen LogP contribution in [0, 0.1) is 6.92 Å². The van der Waals surface area contributed by atoms with Crippen LogP contribution in [0.15, 0.2) is 18.2 Å². The molecule has 0 radical (unpaired) electrons. The zero-order valence-corrected chi connectivity index (χ0v) is 11.9. The van der Waals surface area contributed by atoms with Gasteiger partial charge in [0.15, 0.2) is 0 Å². The van der Waals surface area contributed by atoms with E-state index in [0.29, 0.717) is 6.61 Å². The highest BCUT2D eigenvalue weighted by molar-refractivity contribution is 5.40. The van der Waals surface area contributed by atoms with Crippen molar-refractivity contribution in [3.8, 4) is 5.75 Å². The van der Waals surface area contributed by atoms with Crippen molar-refractivity contribution in [1.82, 2.24) is 5.32 Å². The van der Waals surface area contributed by atoms with Crippen LogP contribution in [-0.2, 0) is 11.2 Å². The van der Waals surface area contributed by atoms with Crippen molar-refractivity contribution in [2.75, 3.05) is 19.7 Å². The maximum absolute atomic E-state index is 6.13. The third-order valence-electron chi connectivity index (χ3n) is 4.13. The van der Waals surface area contributed by atoms with Crippen molar-refractivity contribution in [3.63, 3.8) is 0 Å². The zero-order chi connectivity index (χ0) is 13.3. The summed E-state index contributed by atoms with van der Waals surface area (Å²) in [7, 11) is 0. The van der Waals surface area contributed by atoms with E-state index < -0.39 is 0 Å². The average Bonchev–Trinajstić information content (AvgIpc) is 2.79. The second-order valence-electron chi connectivity index (χ2n) is 6.10. The van der Waals surface area contributed by atoms with E-state index in [4.69, 9.17) is 9.47 Å². The Morgan fingerprint density at radius 3 is 3.16 bits per heavy atom. The highest BCUT2D eigenvalue weighted by atomic mass is 16.5. The molecule has 2 heterocycles. The van der Waals surface area contributed by atoms with Crippen molar-refractivity contribution in [1.29, 1.82) is 0 Å². The minimum absolute atomic E-state index is 0.0215. The van der Waals surface area contributed by atoms with Crippen molar-refractivity contribution >= 4 is 0 Å². The lowest BCUT2D eigenvalue weighted by atomic mass is 9.96. The maximum Gasteiger partial charge on any atom is 0.126 e. The number of aryl methyl sites for hydroxylation is 1. The van der Waals surface area contributed by atoms with E-state index in [9.17, 15) is 0 Å². The number of nitrogens with one attached hydrogen (secondary N) is 1. The highest BCUT2D eigenvalue weighted by Crippen LogP contribution is 2.30. The summed E-state index contributed by atoms with van der Waals surface area (Å²) in [5, 5.41) is 3.41. The Kier molecular flexibility index (Phi) is 3.50. The third-order valence-corrected chi connectivity index (χ3v) is 4.13. The monoisotopic (exact) mass is 261 g/mol. The first-order valence-electron chi connectivity index (χ1n) is 7.25. The van der Waals surface area contributed by atoms with Crippen molar-refractivity contribution < 1.29 is 9.47 Å². The number of hydrogen-bond donors (Lipinski definition) is 1. The lowest BCUT2D eigenvalue weighted by Gasteiger charge is -2.34. The molecule has 1 fully saturated rings. The topological polar surface area (TPSA) is 30.5 Å². The predicted molar refractivity (Wildman–Crippen MR) is 75.8 cm³/mol. The molecule has 2 aliphatic rings. The summed E-state index contributed by atoms with van der Waals surface area (Å²) in [4.78, 5) is 0. The van der Waals surface area contributed by atoms with Gasteiger partial charge in [0, 0.05) is 13.0 Å². The second kappa shape index (κ2) is 5.14. The second-order valence-corrected chi connectivity index (χ2v) is 6.10. The molecule has 0 amide bonds. The molecule has 0 aliphatic carbocycles. The van der Waals surface area contributed by atoms with Crippen LogP contribution >= 0.6 is 0 Å². The molecule has 1 saturated heterocycles. The van der Waals surface area contributed by atoms with Gasteiger partial charge < -0.3 is 14.8 Å². The average molecular weight is 261 g/mol. The van der Waals surface area contributed by atoms with Gasteiger partial charge in [0.2, 0.25) is 0 Å². The van der Waals surface area contributed by atoms with Crippen LogP contribution in [0.4, 0.5) is 0 Å². The number of hydrogen-bond acceptors (Lipinski definition) is 3. The van der Waals surface area contributed by atoms with Gasteiger partial charge in [-0.1, -0.05) is 17.7 Å². The Balaban J connectivity index is 1.55. The van der Waals surface area contributed by atoms with E-state index in [2.05, 4.69) is 37.4 Å². The predicted octanol–water partition coefficient (Wildman–Crippen LogP) is 2.46. The molecule has 104 valence electrons. The first-order chi connectivity index (χ1) is 9.15. The Hall–Kier alpha value is -1.06. The van der Waals surface area contributed by atoms with Crippen LogP contribution in [0.5, 0.6) is 5.75 Å². The number of benzene rings is 1. The van der Waals surface area contributed by atoms with Gasteiger partial charge in [-0.15, -0.1) is 0 Å².